The van der Waals surface area contributed by atoms with E-state index in [1.165, 1.54) is 11.0 Å². The predicted molar refractivity (Wildman–Crippen MR) is 168 cm³/mol. The van der Waals surface area contributed by atoms with Gasteiger partial charge in [-0.25, -0.2) is 13.2 Å². The summed E-state index contributed by atoms with van der Waals surface area (Å²) in [6.45, 7) is 8.92. The number of hydrogen-bond donors (Lipinski definition) is 2. The lowest BCUT2D eigenvalue weighted by molar-refractivity contribution is -0.131. The second-order valence-corrected chi connectivity index (χ2v) is 15.0. The van der Waals surface area contributed by atoms with Crippen LogP contribution in [0, 0.1) is 5.92 Å². The van der Waals surface area contributed by atoms with Crippen LogP contribution in [-0.2, 0) is 24.3 Å². The molecule has 13 nitrogen and oxygen atoms in total. The first kappa shape index (κ1) is 32.3. The minimum atomic E-state index is -3.84. The first-order valence-corrected chi connectivity index (χ1v) is 16.4. The number of carbonyl (C=O) groups is 3. The monoisotopic (exact) mass is 643 g/mol. The molecule has 0 radical (unpaired) electrons. The molecule has 2 aromatic rings. The van der Waals surface area contributed by atoms with Gasteiger partial charge in [-0.3, -0.25) is 19.2 Å². The van der Waals surface area contributed by atoms with E-state index in [9.17, 15) is 22.8 Å². The number of benzene rings is 1. The molecule has 2 saturated carbocycles. The highest BCUT2D eigenvalue weighted by atomic mass is 32.2. The number of nitrogens with zero attached hydrogens (tertiary/aromatic N) is 3. The van der Waals surface area contributed by atoms with Crippen LogP contribution in [-0.4, -0.2) is 92.5 Å². The lowest BCUT2D eigenvalue weighted by Crippen LogP contribution is -2.56. The van der Waals surface area contributed by atoms with Gasteiger partial charge in [0.15, 0.2) is 0 Å². The summed E-state index contributed by atoms with van der Waals surface area (Å²) in [5.41, 5.74) is -2.33. The predicted octanol–water partition coefficient (Wildman–Crippen LogP) is 2.74. The molecule has 244 valence electrons. The fraction of sp³-hybridized carbons (Fsp3) is 0.548. The van der Waals surface area contributed by atoms with E-state index in [-0.39, 0.29) is 19.4 Å². The van der Waals surface area contributed by atoms with Crippen molar-refractivity contribution in [2.45, 2.75) is 75.0 Å². The highest BCUT2D eigenvalue weighted by Crippen LogP contribution is 2.45. The maximum absolute atomic E-state index is 13.9. The van der Waals surface area contributed by atoms with Crippen LogP contribution in [0.4, 0.5) is 10.6 Å². The highest BCUT2D eigenvalue weighted by molar-refractivity contribution is 7.91. The Morgan fingerprint density at radius 3 is 2.47 bits per heavy atom. The molecule has 4 atom stereocenters. The molecular formula is C31H41N5O8S. The Labute approximate surface area is 263 Å². The number of anilines is 1. The third kappa shape index (κ3) is 6.80. The van der Waals surface area contributed by atoms with E-state index in [1.54, 1.807) is 33.9 Å². The summed E-state index contributed by atoms with van der Waals surface area (Å²) < 4.78 is 44.6. The van der Waals surface area contributed by atoms with Crippen molar-refractivity contribution in [2.75, 3.05) is 32.6 Å². The molecule has 1 aromatic heterocycles. The fourth-order valence-electron chi connectivity index (χ4n) is 5.47. The van der Waals surface area contributed by atoms with Crippen LogP contribution in [0.1, 0.15) is 46.5 Å². The number of carbonyl (C=O) groups excluding carboxylic acids is 3. The number of aromatic nitrogens is 1. The van der Waals surface area contributed by atoms with Gasteiger partial charge in [0.05, 0.1) is 18.9 Å². The molecule has 2 aliphatic carbocycles. The van der Waals surface area contributed by atoms with Crippen LogP contribution in [0.2, 0.25) is 0 Å². The Balaban J connectivity index is 1.41. The average Bonchev–Trinajstić information content (AvgIpc) is 3.88. The van der Waals surface area contributed by atoms with E-state index in [0.29, 0.717) is 30.3 Å². The SMILES string of the molecule is C=C[C@@H]1C[C@]1(NC(=O)[C@@H]1C[C@@H](Oc2nc(N(C)C)cc3cc(OC)ccc23)CN1C(=O)OC(C)(C)C)C(=O)NS(=O)(=O)C1CC1. The molecule has 14 heteroatoms. The lowest BCUT2D eigenvalue weighted by atomic mass is 10.1. The van der Waals surface area contributed by atoms with E-state index in [1.807, 2.05) is 37.2 Å². The van der Waals surface area contributed by atoms with Crippen LogP contribution in [0.25, 0.3) is 10.8 Å². The molecule has 0 spiro atoms. The van der Waals surface area contributed by atoms with Crippen molar-refractivity contribution in [3.05, 3.63) is 36.9 Å². The van der Waals surface area contributed by atoms with Crippen molar-refractivity contribution in [1.82, 2.24) is 19.9 Å². The number of nitrogens with one attached hydrogen (secondary N) is 2. The van der Waals surface area contributed by atoms with Crippen LogP contribution in [0.15, 0.2) is 36.9 Å². The number of hydrogen-bond acceptors (Lipinski definition) is 10. The van der Waals surface area contributed by atoms with Gasteiger partial charge >= 0.3 is 6.09 Å². The first-order valence-electron chi connectivity index (χ1n) is 14.9. The number of sulfonamides is 1. The lowest BCUT2D eigenvalue weighted by Gasteiger charge is -2.29. The molecule has 5 rings (SSSR count). The van der Waals surface area contributed by atoms with Crippen LogP contribution in [0.3, 0.4) is 0 Å². The van der Waals surface area contributed by atoms with Gasteiger partial charge in [0.1, 0.15) is 34.9 Å². The normalized spacial score (nSPS) is 24.5. The second kappa shape index (κ2) is 11.7. The van der Waals surface area contributed by atoms with Crippen molar-refractivity contribution in [3.63, 3.8) is 0 Å². The van der Waals surface area contributed by atoms with Gasteiger partial charge in [0, 0.05) is 31.8 Å². The number of ether oxygens (including phenoxy) is 3. The molecule has 3 aliphatic rings. The van der Waals surface area contributed by atoms with Gasteiger partial charge in [-0.1, -0.05) is 6.08 Å². The maximum atomic E-state index is 13.9. The van der Waals surface area contributed by atoms with Crippen molar-refractivity contribution in [2.24, 2.45) is 5.92 Å². The summed E-state index contributed by atoms with van der Waals surface area (Å²) in [7, 11) is 1.45. The van der Waals surface area contributed by atoms with Crippen LogP contribution < -0.4 is 24.4 Å². The number of rotatable bonds is 10. The Hall–Kier alpha value is -4.07. The van der Waals surface area contributed by atoms with Gasteiger partial charge in [0.25, 0.3) is 5.91 Å². The Morgan fingerprint density at radius 2 is 1.89 bits per heavy atom. The van der Waals surface area contributed by atoms with Crippen molar-refractivity contribution >= 4 is 44.5 Å². The number of fused-ring (bicyclic) bond motifs is 1. The Bertz CT molecular complexity index is 1630. The summed E-state index contributed by atoms with van der Waals surface area (Å²) in [5.74, 6) is -0.280. The molecule has 3 fully saturated rings. The number of methoxy groups -OCH3 is 1. The molecule has 45 heavy (non-hydrogen) atoms. The third-order valence-electron chi connectivity index (χ3n) is 8.17. The average molecular weight is 644 g/mol. The molecule has 0 bridgehead atoms. The summed E-state index contributed by atoms with van der Waals surface area (Å²) >= 11 is 0. The molecule has 3 amide bonds. The van der Waals surface area contributed by atoms with Gasteiger partial charge in [0.2, 0.25) is 21.8 Å². The molecule has 2 N–H and O–H groups in total. The summed E-state index contributed by atoms with van der Waals surface area (Å²) in [4.78, 5) is 48.3. The molecule has 0 unspecified atom stereocenters. The second-order valence-electron chi connectivity index (χ2n) is 13.1. The Kier molecular flexibility index (Phi) is 8.40. The Morgan fingerprint density at radius 1 is 1.18 bits per heavy atom. The number of likely N-dealkylation sites (tertiary alicyclic amines) is 1. The fourth-order valence-corrected chi connectivity index (χ4v) is 6.83. The molecule has 1 aliphatic heterocycles. The molecular weight excluding hydrogens is 602 g/mol. The third-order valence-corrected chi connectivity index (χ3v) is 9.99. The van der Waals surface area contributed by atoms with Gasteiger partial charge in [-0.2, -0.15) is 4.98 Å². The van der Waals surface area contributed by atoms with E-state index < -0.39 is 62.4 Å². The minimum absolute atomic E-state index is 0.0126. The molecule has 2 heterocycles. The van der Waals surface area contributed by atoms with Crippen molar-refractivity contribution < 1.29 is 37.0 Å². The molecule has 1 saturated heterocycles. The smallest absolute Gasteiger partial charge is 0.411 e. The maximum Gasteiger partial charge on any atom is 0.411 e. The van der Waals surface area contributed by atoms with Gasteiger partial charge in [-0.15, -0.1) is 6.58 Å². The van der Waals surface area contributed by atoms with Gasteiger partial charge in [-0.05, 0) is 69.7 Å². The van der Waals surface area contributed by atoms with E-state index in [0.717, 1.165) is 10.8 Å². The minimum Gasteiger partial charge on any atom is -0.497 e. The zero-order chi connectivity index (χ0) is 32.9. The van der Waals surface area contributed by atoms with Crippen molar-refractivity contribution in [1.29, 1.82) is 0 Å². The first-order chi connectivity index (χ1) is 21.1. The summed E-state index contributed by atoms with van der Waals surface area (Å²) in [6, 6.07) is 6.34. The number of amides is 3. The summed E-state index contributed by atoms with van der Waals surface area (Å²) in [6.07, 6.45) is 1.37. The van der Waals surface area contributed by atoms with E-state index >= 15 is 0 Å². The largest absolute Gasteiger partial charge is 0.497 e. The topological polar surface area (TPSA) is 156 Å². The quantitative estimate of drug-likeness (QED) is 0.369. The number of pyridine rings is 1. The molecule has 1 aromatic carbocycles. The van der Waals surface area contributed by atoms with Crippen LogP contribution in [0.5, 0.6) is 11.6 Å². The summed E-state index contributed by atoms with van der Waals surface area (Å²) in [5, 5.41) is 3.70. The zero-order valence-electron chi connectivity index (χ0n) is 26.5. The van der Waals surface area contributed by atoms with Crippen LogP contribution >= 0.6 is 0 Å². The van der Waals surface area contributed by atoms with Crippen molar-refractivity contribution in [3.8, 4) is 11.6 Å². The standard InChI is InChI=1S/C31H41N5O8S/c1-8-19-16-31(19,28(38)34-45(40,41)22-10-11-22)33-26(37)24-15-21(17-36(24)29(39)44-30(2,3)4)43-27-23-12-9-20(42-7)13-18(23)14-25(32-27)35(5)6/h8-9,12-14,19,21-22,24H,1,10-11,15-17H2,2-7H3,(H,33,37)(H,34,38)/t19-,21-,24+,31-/m1/s1. The van der Waals surface area contributed by atoms with Gasteiger partial charge < -0.3 is 24.4 Å². The van der Waals surface area contributed by atoms with E-state index in [4.69, 9.17) is 19.2 Å². The zero-order valence-corrected chi connectivity index (χ0v) is 27.3. The van der Waals surface area contributed by atoms with E-state index in [2.05, 4.69) is 16.6 Å². The highest BCUT2D eigenvalue weighted by Gasteiger charge is 2.62.